The smallest absolute Gasteiger partial charge is 0.324 e. The number of hydrogen-bond acceptors (Lipinski definition) is 3. The van der Waals surface area contributed by atoms with Crippen molar-refractivity contribution in [1.82, 2.24) is 15.5 Å². The van der Waals surface area contributed by atoms with E-state index in [0.29, 0.717) is 13.1 Å². The average molecular weight is 307 g/mol. The summed E-state index contributed by atoms with van der Waals surface area (Å²) in [5.41, 5.74) is 0.718. The van der Waals surface area contributed by atoms with Gasteiger partial charge in [0.05, 0.1) is 6.54 Å². The van der Waals surface area contributed by atoms with Crippen LogP contribution in [0.3, 0.4) is 0 Å². The van der Waals surface area contributed by atoms with Crippen LogP contribution in [-0.4, -0.2) is 36.5 Å². The molecule has 0 unspecified atom stereocenters. The summed E-state index contributed by atoms with van der Waals surface area (Å²) in [7, 11) is 0. The van der Waals surface area contributed by atoms with E-state index >= 15 is 0 Å². The maximum Gasteiger partial charge on any atom is 0.324 e. The highest BCUT2D eigenvalue weighted by Crippen LogP contribution is 2.32. The predicted molar refractivity (Wildman–Crippen MR) is 81.7 cm³/mol. The van der Waals surface area contributed by atoms with Crippen molar-refractivity contribution >= 4 is 11.9 Å². The molecule has 1 aromatic carbocycles. The third-order valence-corrected chi connectivity index (χ3v) is 3.67. The molecule has 120 valence electrons. The van der Waals surface area contributed by atoms with Crippen molar-refractivity contribution < 1.29 is 14.0 Å². The van der Waals surface area contributed by atoms with Crippen molar-refractivity contribution in [3.8, 4) is 0 Å². The van der Waals surface area contributed by atoms with Gasteiger partial charge in [-0.3, -0.25) is 9.69 Å². The van der Waals surface area contributed by atoms with Gasteiger partial charge in [-0.15, -0.1) is 0 Å². The van der Waals surface area contributed by atoms with Crippen LogP contribution in [0.4, 0.5) is 9.18 Å². The number of carbonyl (C=O) groups is 2. The summed E-state index contributed by atoms with van der Waals surface area (Å²) in [6.45, 7) is 6.99. The molecular formula is C16H22FN3O2. The van der Waals surface area contributed by atoms with Crippen LogP contribution in [0, 0.1) is 11.2 Å². The Morgan fingerprint density at radius 1 is 1.36 bits per heavy atom. The van der Waals surface area contributed by atoms with Gasteiger partial charge in [0.15, 0.2) is 0 Å². The second kappa shape index (κ2) is 6.44. The van der Waals surface area contributed by atoms with Crippen LogP contribution in [0.15, 0.2) is 24.3 Å². The van der Waals surface area contributed by atoms with Crippen molar-refractivity contribution in [2.24, 2.45) is 5.41 Å². The van der Waals surface area contributed by atoms with Crippen LogP contribution in [-0.2, 0) is 4.79 Å². The monoisotopic (exact) mass is 307 g/mol. The number of halogens is 1. The number of benzene rings is 1. The van der Waals surface area contributed by atoms with Gasteiger partial charge >= 0.3 is 6.03 Å². The maximum absolute atomic E-state index is 13.5. The first-order chi connectivity index (χ1) is 10.3. The number of imide groups is 1. The van der Waals surface area contributed by atoms with Gasteiger partial charge in [0.1, 0.15) is 5.82 Å². The lowest BCUT2D eigenvalue weighted by atomic mass is 9.82. The average Bonchev–Trinajstić information content (AvgIpc) is 2.73. The minimum Gasteiger partial charge on any atom is -0.329 e. The highest BCUT2D eigenvalue weighted by atomic mass is 19.1. The molecule has 0 aromatic heterocycles. The quantitative estimate of drug-likeness (QED) is 0.819. The molecule has 0 saturated carbocycles. The van der Waals surface area contributed by atoms with Gasteiger partial charge < -0.3 is 10.6 Å². The Balaban J connectivity index is 2.02. The van der Waals surface area contributed by atoms with Crippen molar-refractivity contribution in [3.05, 3.63) is 35.6 Å². The molecule has 1 heterocycles. The second-order valence-corrected chi connectivity index (χ2v) is 6.51. The van der Waals surface area contributed by atoms with Crippen LogP contribution < -0.4 is 10.6 Å². The van der Waals surface area contributed by atoms with E-state index in [2.05, 4.69) is 31.4 Å². The molecule has 0 spiro atoms. The Hall–Kier alpha value is -1.95. The maximum atomic E-state index is 13.5. The largest absolute Gasteiger partial charge is 0.329 e. The third-order valence-electron chi connectivity index (χ3n) is 3.67. The fourth-order valence-electron chi connectivity index (χ4n) is 2.61. The Morgan fingerprint density at radius 3 is 2.64 bits per heavy atom. The Bertz CT molecular complexity index is 553. The van der Waals surface area contributed by atoms with E-state index in [1.54, 1.807) is 6.07 Å². The molecule has 2 rings (SSSR count). The van der Waals surface area contributed by atoms with Gasteiger partial charge in [-0.2, -0.15) is 0 Å². The van der Waals surface area contributed by atoms with Crippen molar-refractivity contribution in [2.75, 3.05) is 19.6 Å². The van der Waals surface area contributed by atoms with E-state index in [4.69, 9.17) is 0 Å². The molecule has 1 aromatic rings. The SMILES string of the molecule is CC(C)(C)[C@@H](NCCN1C(=O)CNC1=O)c1cccc(F)c1. The number of nitrogens with zero attached hydrogens (tertiary/aromatic N) is 1. The molecule has 3 amide bonds. The van der Waals surface area contributed by atoms with E-state index in [-0.39, 0.29) is 35.8 Å². The number of nitrogens with one attached hydrogen (secondary N) is 2. The Kier molecular flexibility index (Phi) is 4.81. The first-order valence-corrected chi connectivity index (χ1v) is 7.36. The molecular weight excluding hydrogens is 285 g/mol. The van der Waals surface area contributed by atoms with Crippen LogP contribution in [0.5, 0.6) is 0 Å². The Labute approximate surface area is 129 Å². The zero-order valence-corrected chi connectivity index (χ0v) is 13.1. The summed E-state index contributed by atoms with van der Waals surface area (Å²) in [6.07, 6.45) is 0. The molecule has 0 radical (unpaired) electrons. The number of amides is 3. The normalized spacial score (nSPS) is 16.8. The first kappa shape index (κ1) is 16.4. The topological polar surface area (TPSA) is 61.4 Å². The van der Waals surface area contributed by atoms with Crippen LogP contribution in [0.1, 0.15) is 32.4 Å². The summed E-state index contributed by atoms with van der Waals surface area (Å²) in [4.78, 5) is 24.2. The van der Waals surface area contributed by atoms with Gasteiger partial charge in [0.25, 0.3) is 0 Å². The summed E-state index contributed by atoms with van der Waals surface area (Å²) in [6, 6.07) is 6.05. The van der Waals surface area contributed by atoms with Crippen molar-refractivity contribution in [2.45, 2.75) is 26.8 Å². The van der Waals surface area contributed by atoms with Gasteiger partial charge in [0.2, 0.25) is 5.91 Å². The molecule has 0 bridgehead atoms. The second-order valence-electron chi connectivity index (χ2n) is 6.51. The fourth-order valence-corrected chi connectivity index (χ4v) is 2.61. The molecule has 2 N–H and O–H groups in total. The number of hydrogen-bond donors (Lipinski definition) is 2. The highest BCUT2D eigenvalue weighted by Gasteiger charge is 2.30. The molecule has 0 aliphatic carbocycles. The van der Waals surface area contributed by atoms with E-state index in [0.717, 1.165) is 5.56 Å². The standard InChI is InChI=1S/C16H22FN3O2/c1-16(2,3)14(11-5-4-6-12(17)9-11)18-7-8-20-13(21)10-19-15(20)22/h4-6,9,14,18H,7-8,10H2,1-3H3,(H,19,22)/t14-/m0/s1. The minimum atomic E-state index is -0.357. The lowest BCUT2D eigenvalue weighted by molar-refractivity contribution is -0.124. The van der Waals surface area contributed by atoms with Gasteiger partial charge in [0, 0.05) is 19.1 Å². The number of urea groups is 1. The van der Waals surface area contributed by atoms with Gasteiger partial charge in [-0.05, 0) is 23.1 Å². The molecule has 6 heteroatoms. The number of rotatable bonds is 5. The number of carbonyl (C=O) groups excluding carboxylic acids is 2. The molecule has 1 aliphatic rings. The first-order valence-electron chi connectivity index (χ1n) is 7.36. The molecule has 1 atom stereocenters. The van der Waals surface area contributed by atoms with Crippen LogP contribution in [0.25, 0.3) is 0 Å². The summed E-state index contributed by atoms with van der Waals surface area (Å²) in [5, 5.41) is 5.82. The molecule has 1 aliphatic heterocycles. The molecule has 1 saturated heterocycles. The summed E-state index contributed by atoms with van der Waals surface area (Å²) < 4.78 is 13.5. The van der Waals surface area contributed by atoms with E-state index in [9.17, 15) is 14.0 Å². The fraction of sp³-hybridized carbons (Fsp3) is 0.500. The van der Waals surface area contributed by atoms with Crippen molar-refractivity contribution in [3.63, 3.8) is 0 Å². The zero-order valence-electron chi connectivity index (χ0n) is 13.1. The molecule has 22 heavy (non-hydrogen) atoms. The predicted octanol–water partition coefficient (Wildman–Crippen LogP) is 2.05. The van der Waals surface area contributed by atoms with Gasteiger partial charge in [-0.25, -0.2) is 9.18 Å². The zero-order chi connectivity index (χ0) is 16.3. The minimum absolute atomic E-state index is 0.0609. The van der Waals surface area contributed by atoms with Crippen LogP contribution >= 0.6 is 0 Å². The summed E-state index contributed by atoms with van der Waals surface area (Å²) in [5.74, 6) is -0.493. The van der Waals surface area contributed by atoms with Crippen molar-refractivity contribution in [1.29, 1.82) is 0 Å². The van der Waals surface area contributed by atoms with Gasteiger partial charge in [-0.1, -0.05) is 32.9 Å². The van der Waals surface area contributed by atoms with E-state index in [1.807, 2.05) is 6.07 Å². The summed E-state index contributed by atoms with van der Waals surface area (Å²) >= 11 is 0. The lowest BCUT2D eigenvalue weighted by Crippen LogP contribution is -2.40. The van der Waals surface area contributed by atoms with E-state index in [1.165, 1.54) is 17.0 Å². The van der Waals surface area contributed by atoms with Crippen LogP contribution in [0.2, 0.25) is 0 Å². The molecule has 5 nitrogen and oxygen atoms in total. The lowest BCUT2D eigenvalue weighted by Gasteiger charge is -2.32. The third kappa shape index (κ3) is 3.82. The molecule has 1 fully saturated rings. The Morgan fingerprint density at radius 2 is 2.09 bits per heavy atom. The highest BCUT2D eigenvalue weighted by molar-refractivity contribution is 6.01. The van der Waals surface area contributed by atoms with E-state index < -0.39 is 0 Å².